The second-order valence-corrected chi connectivity index (χ2v) is 7.30. The van der Waals surface area contributed by atoms with Crippen LogP contribution in [0.5, 0.6) is 11.5 Å². The van der Waals surface area contributed by atoms with E-state index in [0.717, 1.165) is 24.5 Å². The first-order chi connectivity index (χ1) is 13.5. The summed E-state index contributed by atoms with van der Waals surface area (Å²) in [6.45, 7) is 2.21. The number of hydrogen-bond donors (Lipinski definition) is 1. The van der Waals surface area contributed by atoms with E-state index in [0.29, 0.717) is 6.04 Å². The van der Waals surface area contributed by atoms with Crippen LogP contribution in [0.15, 0.2) is 48.5 Å². The lowest BCUT2D eigenvalue weighted by molar-refractivity contribution is 0.139. The molecule has 0 spiro atoms. The molecule has 0 saturated carbocycles. The summed E-state index contributed by atoms with van der Waals surface area (Å²) >= 11 is -2.36. The number of nitrogens with two attached hydrogens (primary N) is 1. The third-order valence-corrected chi connectivity index (χ3v) is 4.92. The number of rotatable bonds is 6. The summed E-state index contributed by atoms with van der Waals surface area (Å²) in [6.07, 6.45) is 5.03. The number of benzene rings is 2. The lowest BCUT2D eigenvalue weighted by Crippen LogP contribution is -2.40. The SMILES string of the molecule is COc1ccc(CC2CCCCN2Cc2ccc(OC)cc2)cc1.Cl.NS(=O)[O-]. The molecule has 0 aliphatic carbocycles. The molecule has 162 valence electrons. The molecule has 2 atom stereocenters. The van der Waals surface area contributed by atoms with Crippen molar-refractivity contribution in [2.75, 3.05) is 20.8 Å². The summed E-state index contributed by atoms with van der Waals surface area (Å²) < 4.78 is 28.1. The van der Waals surface area contributed by atoms with Gasteiger partial charge in [0.2, 0.25) is 0 Å². The van der Waals surface area contributed by atoms with Crippen LogP contribution in [0.4, 0.5) is 0 Å². The minimum Gasteiger partial charge on any atom is -0.760 e. The third kappa shape index (κ3) is 9.14. The van der Waals surface area contributed by atoms with Crippen molar-refractivity contribution in [3.63, 3.8) is 0 Å². The van der Waals surface area contributed by atoms with Gasteiger partial charge in [-0.2, -0.15) is 0 Å². The van der Waals surface area contributed by atoms with Crippen LogP contribution in [0.3, 0.4) is 0 Å². The Morgan fingerprint density at radius 2 is 1.48 bits per heavy atom. The predicted octanol–water partition coefficient (Wildman–Crippen LogP) is 3.46. The Balaban J connectivity index is 0.000000771. The van der Waals surface area contributed by atoms with E-state index in [-0.39, 0.29) is 12.4 Å². The number of likely N-dealkylation sites (tertiary alicyclic amines) is 1. The molecule has 29 heavy (non-hydrogen) atoms. The van der Waals surface area contributed by atoms with Crippen LogP contribution in [0.25, 0.3) is 0 Å². The number of methoxy groups -OCH3 is 2. The molecule has 2 N–H and O–H groups in total. The average Bonchev–Trinajstić information content (AvgIpc) is 2.70. The number of piperidine rings is 1. The number of hydrogen-bond acceptors (Lipinski definition) is 5. The molecule has 6 nitrogen and oxygen atoms in total. The second kappa shape index (κ2) is 13.6. The number of halogens is 1. The minimum absolute atomic E-state index is 0. The van der Waals surface area contributed by atoms with Crippen molar-refractivity contribution >= 4 is 23.7 Å². The Bertz CT molecular complexity index is 667. The Hall–Kier alpha value is -1.64. The zero-order valence-electron chi connectivity index (χ0n) is 16.9. The first-order valence-corrected chi connectivity index (χ1v) is 10.5. The minimum atomic E-state index is -2.36. The molecular formula is C21H30ClN2O4S-. The van der Waals surface area contributed by atoms with Crippen LogP contribution in [-0.2, 0) is 24.2 Å². The molecule has 1 heterocycles. The zero-order valence-corrected chi connectivity index (χ0v) is 18.5. The van der Waals surface area contributed by atoms with Crippen molar-refractivity contribution < 1.29 is 18.2 Å². The van der Waals surface area contributed by atoms with E-state index in [4.69, 9.17) is 18.2 Å². The molecule has 2 aromatic carbocycles. The molecule has 3 rings (SSSR count). The molecule has 1 fully saturated rings. The summed E-state index contributed by atoms with van der Waals surface area (Å²) in [5, 5.41) is 4.03. The first-order valence-electron chi connectivity index (χ1n) is 9.35. The van der Waals surface area contributed by atoms with Crippen LogP contribution in [0, 0.1) is 0 Å². The molecule has 8 heteroatoms. The summed E-state index contributed by atoms with van der Waals surface area (Å²) in [4.78, 5) is 2.63. The number of nitrogens with zero attached hydrogens (tertiary/aromatic N) is 1. The van der Waals surface area contributed by atoms with Gasteiger partial charge in [0.05, 0.1) is 14.2 Å². The molecule has 2 aromatic rings. The molecular weight excluding hydrogens is 412 g/mol. The maximum atomic E-state index is 8.78. The van der Waals surface area contributed by atoms with Crippen molar-refractivity contribution in [3.05, 3.63) is 59.7 Å². The second-order valence-electron chi connectivity index (χ2n) is 6.78. The molecule has 0 amide bonds. The molecule has 0 bridgehead atoms. The zero-order chi connectivity index (χ0) is 20.4. The fraction of sp³-hybridized carbons (Fsp3) is 0.429. The lowest BCUT2D eigenvalue weighted by Gasteiger charge is -2.36. The van der Waals surface area contributed by atoms with Crippen LogP contribution in [0.1, 0.15) is 30.4 Å². The van der Waals surface area contributed by atoms with E-state index in [9.17, 15) is 0 Å². The van der Waals surface area contributed by atoms with Gasteiger partial charge in [-0.25, -0.2) is 0 Å². The third-order valence-electron chi connectivity index (χ3n) is 4.92. The molecule has 1 saturated heterocycles. The van der Waals surface area contributed by atoms with Gasteiger partial charge in [-0.05, 0) is 61.2 Å². The summed E-state index contributed by atoms with van der Waals surface area (Å²) in [5.41, 5.74) is 2.75. The fourth-order valence-electron chi connectivity index (χ4n) is 3.50. The van der Waals surface area contributed by atoms with Gasteiger partial charge in [-0.15, -0.1) is 12.4 Å². The highest BCUT2D eigenvalue weighted by Gasteiger charge is 2.22. The van der Waals surface area contributed by atoms with Crippen LogP contribution < -0.4 is 14.6 Å². The van der Waals surface area contributed by atoms with Crippen LogP contribution >= 0.6 is 12.4 Å². The van der Waals surface area contributed by atoms with Crippen molar-refractivity contribution in [2.45, 2.75) is 38.3 Å². The van der Waals surface area contributed by atoms with E-state index < -0.39 is 11.3 Å². The molecule has 1 aliphatic rings. The summed E-state index contributed by atoms with van der Waals surface area (Å²) in [5.74, 6) is 1.85. The molecule has 0 aromatic heterocycles. The largest absolute Gasteiger partial charge is 0.760 e. The highest BCUT2D eigenvalue weighted by atomic mass is 35.5. The lowest BCUT2D eigenvalue weighted by atomic mass is 9.95. The maximum absolute atomic E-state index is 8.78. The van der Waals surface area contributed by atoms with Gasteiger partial charge < -0.3 is 14.0 Å². The normalized spacial score (nSPS) is 17.3. The standard InChI is InChI=1S/C21H27NO2.ClH.H3NO2S/c1-23-20-10-6-17(7-11-20)15-19-5-3-4-14-22(19)16-18-8-12-21(24-2)13-9-18;;1-4(2)3/h6-13,19H,3-5,14-16H2,1-2H3;1H;1H2,(H,2,3)/p-1. The van der Waals surface area contributed by atoms with Crippen LogP contribution in [-0.4, -0.2) is 40.5 Å². The summed E-state index contributed by atoms with van der Waals surface area (Å²) in [7, 11) is 3.43. The van der Waals surface area contributed by atoms with Crippen molar-refractivity contribution in [2.24, 2.45) is 5.14 Å². The Morgan fingerprint density at radius 1 is 1.00 bits per heavy atom. The van der Waals surface area contributed by atoms with Gasteiger partial charge >= 0.3 is 0 Å². The van der Waals surface area contributed by atoms with Crippen molar-refractivity contribution in [1.29, 1.82) is 0 Å². The highest BCUT2D eigenvalue weighted by Crippen LogP contribution is 2.24. The Labute approximate surface area is 182 Å². The van der Waals surface area contributed by atoms with E-state index in [2.05, 4.69) is 58.6 Å². The van der Waals surface area contributed by atoms with Crippen LogP contribution in [0.2, 0.25) is 0 Å². The van der Waals surface area contributed by atoms with Gasteiger partial charge in [0.25, 0.3) is 0 Å². The molecule has 0 radical (unpaired) electrons. The maximum Gasteiger partial charge on any atom is 0.118 e. The van der Waals surface area contributed by atoms with Gasteiger partial charge in [-0.1, -0.05) is 30.7 Å². The fourth-order valence-corrected chi connectivity index (χ4v) is 3.50. The smallest absolute Gasteiger partial charge is 0.118 e. The van der Waals surface area contributed by atoms with Crippen molar-refractivity contribution in [3.8, 4) is 11.5 Å². The molecule has 1 aliphatic heterocycles. The van der Waals surface area contributed by atoms with Crippen molar-refractivity contribution in [1.82, 2.24) is 4.90 Å². The highest BCUT2D eigenvalue weighted by molar-refractivity contribution is 7.76. The quantitative estimate of drug-likeness (QED) is 0.693. The van der Waals surface area contributed by atoms with Gasteiger partial charge in [-0.3, -0.25) is 14.2 Å². The van der Waals surface area contributed by atoms with Gasteiger partial charge in [0.1, 0.15) is 11.5 Å². The van der Waals surface area contributed by atoms with E-state index in [1.54, 1.807) is 14.2 Å². The topological polar surface area (TPSA) is 87.8 Å². The molecule has 2 unspecified atom stereocenters. The first kappa shape index (κ1) is 25.4. The van der Waals surface area contributed by atoms with E-state index in [1.807, 2.05) is 0 Å². The Kier molecular flexibility index (Phi) is 11.9. The van der Waals surface area contributed by atoms with E-state index in [1.165, 1.54) is 36.9 Å². The monoisotopic (exact) mass is 441 g/mol. The average molecular weight is 442 g/mol. The predicted molar refractivity (Wildman–Crippen MR) is 118 cm³/mol. The van der Waals surface area contributed by atoms with Gasteiger partial charge in [0.15, 0.2) is 0 Å². The Morgan fingerprint density at radius 3 is 1.97 bits per heavy atom. The number of ether oxygens (including phenoxy) is 2. The van der Waals surface area contributed by atoms with Gasteiger partial charge in [0, 0.05) is 23.9 Å². The summed E-state index contributed by atoms with van der Waals surface area (Å²) in [6, 6.07) is 17.6. The van der Waals surface area contributed by atoms with E-state index >= 15 is 0 Å².